The maximum atomic E-state index is 14.0. The molecule has 22 heavy (non-hydrogen) atoms. The van der Waals surface area contributed by atoms with E-state index in [1.54, 1.807) is 0 Å². The summed E-state index contributed by atoms with van der Waals surface area (Å²) in [6.45, 7) is 10.4. The number of aliphatic hydroxyl groups is 1. The van der Waals surface area contributed by atoms with Crippen LogP contribution in [0.4, 0.5) is 8.78 Å². The molecule has 2 aliphatic carbocycles. The van der Waals surface area contributed by atoms with Crippen molar-refractivity contribution in [3.63, 3.8) is 0 Å². The molecule has 4 heteroatoms. The smallest absolute Gasteiger partial charge is 0.118 e. The van der Waals surface area contributed by atoms with Gasteiger partial charge >= 0.3 is 0 Å². The number of hydrogen-bond donors (Lipinski definition) is 2. The van der Waals surface area contributed by atoms with Crippen LogP contribution in [0.2, 0.25) is 0 Å². The minimum atomic E-state index is -1.11. The maximum Gasteiger partial charge on any atom is 0.118 e. The number of nitrogens with one attached hydrogen (secondary N) is 1. The van der Waals surface area contributed by atoms with Gasteiger partial charge in [-0.3, -0.25) is 0 Å². The summed E-state index contributed by atoms with van der Waals surface area (Å²) in [5, 5.41) is 13.4. The van der Waals surface area contributed by atoms with Crippen molar-refractivity contribution in [3.8, 4) is 0 Å². The standard InChI is InChI=1S/C18H31F2NO/c1-11-7-15(19)9-16(20)17(11)21-10-12(2)13-5-6-14(8-13)18(3,4)22/h11,13-17,21-22H,2,5-10H2,1,3-4H3/t11?,13?,14-,15?,16-,17?/m1/s1. The Kier molecular flexibility index (Phi) is 5.65. The van der Waals surface area contributed by atoms with Crippen molar-refractivity contribution in [1.82, 2.24) is 5.32 Å². The maximum absolute atomic E-state index is 14.0. The van der Waals surface area contributed by atoms with E-state index >= 15 is 0 Å². The average molecular weight is 315 g/mol. The summed E-state index contributed by atoms with van der Waals surface area (Å²) in [6.07, 6.45) is 1.35. The van der Waals surface area contributed by atoms with E-state index in [4.69, 9.17) is 0 Å². The van der Waals surface area contributed by atoms with Crippen LogP contribution in [0.25, 0.3) is 0 Å². The normalized spacial score (nSPS) is 39.9. The fourth-order valence-corrected chi connectivity index (χ4v) is 4.11. The largest absolute Gasteiger partial charge is 0.390 e. The van der Waals surface area contributed by atoms with Gasteiger partial charge in [-0.05, 0) is 57.3 Å². The van der Waals surface area contributed by atoms with E-state index in [1.165, 1.54) is 0 Å². The van der Waals surface area contributed by atoms with Crippen LogP contribution in [0.5, 0.6) is 0 Å². The first-order valence-corrected chi connectivity index (χ1v) is 8.60. The van der Waals surface area contributed by atoms with E-state index in [0.29, 0.717) is 24.8 Å². The van der Waals surface area contributed by atoms with E-state index in [0.717, 1.165) is 24.8 Å². The number of alkyl halides is 2. The highest BCUT2D eigenvalue weighted by Crippen LogP contribution is 2.40. The number of halogens is 2. The summed E-state index contributed by atoms with van der Waals surface area (Å²) >= 11 is 0. The van der Waals surface area contributed by atoms with Gasteiger partial charge in [0.1, 0.15) is 12.3 Å². The summed E-state index contributed by atoms with van der Waals surface area (Å²) in [5.41, 5.74) is 0.453. The molecule has 128 valence electrons. The Labute approximate surface area is 133 Å². The van der Waals surface area contributed by atoms with Gasteiger partial charge in [0.2, 0.25) is 0 Å². The lowest BCUT2D eigenvalue weighted by atomic mass is 9.83. The van der Waals surface area contributed by atoms with Gasteiger partial charge in [0.05, 0.1) is 5.60 Å². The molecule has 4 unspecified atom stereocenters. The summed E-state index contributed by atoms with van der Waals surface area (Å²) in [6, 6.07) is -0.268. The first kappa shape index (κ1) is 17.9. The van der Waals surface area contributed by atoms with Gasteiger partial charge in [0.15, 0.2) is 0 Å². The topological polar surface area (TPSA) is 32.3 Å². The molecule has 0 radical (unpaired) electrons. The Morgan fingerprint density at radius 1 is 1.23 bits per heavy atom. The molecule has 0 amide bonds. The molecular formula is C18H31F2NO. The summed E-state index contributed by atoms with van der Waals surface area (Å²) in [4.78, 5) is 0. The predicted octanol–water partition coefficient (Wildman–Crippen LogP) is 3.79. The van der Waals surface area contributed by atoms with Crippen LogP contribution in [0.15, 0.2) is 12.2 Å². The molecule has 2 fully saturated rings. The van der Waals surface area contributed by atoms with Gasteiger partial charge in [0.25, 0.3) is 0 Å². The fraction of sp³-hybridized carbons (Fsp3) is 0.889. The lowest BCUT2D eigenvalue weighted by molar-refractivity contribution is 0.0188. The quantitative estimate of drug-likeness (QED) is 0.757. The molecule has 2 aliphatic rings. The molecule has 2 nitrogen and oxygen atoms in total. The van der Waals surface area contributed by atoms with Crippen molar-refractivity contribution in [2.75, 3.05) is 6.54 Å². The zero-order valence-corrected chi connectivity index (χ0v) is 14.1. The van der Waals surface area contributed by atoms with Crippen LogP contribution in [0.3, 0.4) is 0 Å². The second-order valence-electron chi connectivity index (χ2n) is 7.99. The van der Waals surface area contributed by atoms with Crippen LogP contribution in [0, 0.1) is 17.8 Å². The Bertz CT molecular complexity index is 381. The molecule has 0 bridgehead atoms. The highest BCUT2D eigenvalue weighted by atomic mass is 19.1. The molecule has 0 heterocycles. The van der Waals surface area contributed by atoms with Crippen molar-refractivity contribution in [1.29, 1.82) is 0 Å². The monoisotopic (exact) mass is 315 g/mol. The zero-order chi connectivity index (χ0) is 16.5. The van der Waals surface area contributed by atoms with Crippen LogP contribution < -0.4 is 5.32 Å². The minimum Gasteiger partial charge on any atom is -0.390 e. The van der Waals surface area contributed by atoms with Gasteiger partial charge in [-0.2, -0.15) is 0 Å². The molecule has 0 saturated heterocycles. The highest BCUT2D eigenvalue weighted by Gasteiger charge is 2.37. The first-order valence-electron chi connectivity index (χ1n) is 8.60. The van der Waals surface area contributed by atoms with Crippen LogP contribution in [-0.4, -0.2) is 35.6 Å². The zero-order valence-electron chi connectivity index (χ0n) is 14.1. The molecule has 2 N–H and O–H groups in total. The summed E-state index contributed by atoms with van der Waals surface area (Å²) in [7, 11) is 0. The lowest BCUT2D eigenvalue weighted by Gasteiger charge is -2.35. The van der Waals surface area contributed by atoms with Crippen molar-refractivity contribution >= 4 is 0 Å². The number of hydrogen-bond acceptors (Lipinski definition) is 2. The SMILES string of the molecule is C=C(CNC1C(C)CC(F)C[C@H]1F)C1CC[C@@H](C(C)(C)O)C1. The number of rotatable bonds is 5. The summed E-state index contributed by atoms with van der Waals surface area (Å²) in [5.74, 6) is 0.720. The minimum absolute atomic E-state index is 0.0126. The molecule has 2 rings (SSSR count). The van der Waals surface area contributed by atoms with E-state index in [1.807, 2.05) is 20.8 Å². The molecule has 0 aromatic heterocycles. The highest BCUT2D eigenvalue weighted by molar-refractivity contribution is 5.08. The molecule has 0 aromatic carbocycles. The third kappa shape index (κ3) is 4.29. The van der Waals surface area contributed by atoms with Gasteiger partial charge in [-0.25, -0.2) is 8.78 Å². The Morgan fingerprint density at radius 2 is 1.91 bits per heavy atom. The van der Waals surface area contributed by atoms with E-state index in [2.05, 4.69) is 11.9 Å². The second kappa shape index (κ2) is 6.96. The average Bonchev–Trinajstić information content (AvgIpc) is 2.86. The lowest BCUT2D eigenvalue weighted by Crippen LogP contribution is -2.48. The Hall–Kier alpha value is -0.480. The van der Waals surface area contributed by atoms with Gasteiger partial charge in [-0.15, -0.1) is 0 Å². The van der Waals surface area contributed by atoms with E-state index in [-0.39, 0.29) is 18.4 Å². The molecule has 6 atom stereocenters. The third-order valence-electron chi connectivity index (χ3n) is 5.69. The first-order chi connectivity index (χ1) is 10.2. The van der Waals surface area contributed by atoms with Crippen LogP contribution >= 0.6 is 0 Å². The van der Waals surface area contributed by atoms with E-state index < -0.39 is 17.9 Å². The molecule has 2 saturated carbocycles. The Balaban J connectivity index is 1.81. The molecule has 0 aliphatic heterocycles. The van der Waals surface area contributed by atoms with Crippen molar-refractivity contribution < 1.29 is 13.9 Å². The van der Waals surface area contributed by atoms with E-state index in [9.17, 15) is 13.9 Å². The predicted molar refractivity (Wildman–Crippen MR) is 86.2 cm³/mol. The van der Waals surface area contributed by atoms with Crippen LogP contribution in [-0.2, 0) is 0 Å². The molecule has 0 spiro atoms. The fourth-order valence-electron chi connectivity index (χ4n) is 4.11. The van der Waals surface area contributed by atoms with Gasteiger partial charge < -0.3 is 10.4 Å². The van der Waals surface area contributed by atoms with Crippen molar-refractivity contribution in [2.24, 2.45) is 17.8 Å². The Morgan fingerprint density at radius 3 is 2.45 bits per heavy atom. The van der Waals surface area contributed by atoms with Crippen molar-refractivity contribution in [2.45, 2.75) is 76.9 Å². The van der Waals surface area contributed by atoms with Gasteiger partial charge in [-0.1, -0.05) is 19.1 Å². The van der Waals surface area contributed by atoms with Crippen LogP contribution in [0.1, 0.15) is 52.9 Å². The molecule has 0 aromatic rings. The van der Waals surface area contributed by atoms with Gasteiger partial charge in [0, 0.05) is 19.0 Å². The second-order valence-corrected chi connectivity index (χ2v) is 7.99. The molecular weight excluding hydrogens is 284 g/mol. The third-order valence-corrected chi connectivity index (χ3v) is 5.69. The van der Waals surface area contributed by atoms with Crippen molar-refractivity contribution in [3.05, 3.63) is 12.2 Å². The summed E-state index contributed by atoms with van der Waals surface area (Å²) < 4.78 is 27.4.